The molecule has 1 aliphatic heterocycles. The first kappa shape index (κ1) is 12.2. The van der Waals surface area contributed by atoms with Gasteiger partial charge in [-0.25, -0.2) is 4.98 Å². The minimum absolute atomic E-state index is 0.0700. The molecule has 3 heterocycles. The molecule has 1 saturated heterocycles. The van der Waals surface area contributed by atoms with Crippen molar-refractivity contribution >= 4 is 5.65 Å². The summed E-state index contributed by atoms with van der Waals surface area (Å²) in [4.78, 5) is 16.5. The van der Waals surface area contributed by atoms with Gasteiger partial charge in [-0.1, -0.05) is 0 Å². The van der Waals surface area contributed by atoms with Crippen molar-refractivity contribution in [1.29, 1.82) is 0 Å². The van der Waals surface area contributed by atoms with Gasteiger partial charge in [0.1, 0.15) is 11.4 Å². The lowest BCUT2D eigenvalue weighted by atomic mass is 9.94. The topological polar surface area (TPSA) is 66.6 Å². The highest BCUT2D eigenvalue weighted by molar-refractivity contribution is 5.41. The average Bonchev–Trinajstić information content (AvgIpc) is 2.41. The molecule has 0 radical (unpaired) electrons. The lowest BCUT2D eigenvalue weighted by molar-refractivity contribution is 0.373. The van der Waals surface area contributed by atoms with Crippen molar-refractivity contribution in [2.24, 2.45) is 5.92 Å². The van der Waals surface area contributed by atoms with Gasteiger partial charge >= 0.3 is 0 Å². The maximum absolute atomic E-state index is 12.0. The molecule has 1 atom stereocenters. The van der Waals surface area contributed by atoms with Crippen LogP contribution in [0.2, 0.25) is 0 Å². The zero-order valence-corrected chi connectivity index (χ0v) is 10.7. The number of fused-ring (bicyclic) bond motifs is 1. The summed E-state index contributed by atoms with van der Waals surface area (Å²) < 4.78 is 1.37. The predicted octanol–water partition coefficient (Wildman–Crippen LogP) is 0.942. The Balaban J connectivity index is 1.92. The summed E-state index contributed by atoms with van der Waals surface area (Å²) in [6, 6.07) is 4.79. The van der Waals surface area contributed by atoms with Crippen molar-refractivity contribution < 1.29 is 5.11 Å². The van der Waals surface area contributed by atoms with Crippen LogP contribution in [-0.2, 0) is 6.42 Å². The van der Waals surface area contributed by atoms with E-state index in [2.05, 4.69) is 10.3 Å². The summed E-state index contributed by atoms with van der Waals surface area (Å²) in [5, 5.41) is 12.8. The maximum Gasteiger partial charge on any atom is 0.258 e. The van der Waals surface area contributed by atoms with Crippen molar-refractivity contribution in [3.63, 3.8) is 0 Å². The Hall–Kier alpha value is -1.88. The van der Waals surface area contributed by atoms with Gasteiger partial charge in [0, 0.05) is 11.8 Å². The first-order valence-corrected chi connectivity index (χ1v) is 6.64. The Bertz CT molecular complexity index is 645. The largest absolute Gasteiger partial charge is 0.506 e. The molecule has 0 amide bonds. The lowest BCUT2D eigenvalue weighted by Gasteiger charge is -2.22. The summed E-state index contributed by atoms with van der Waals surface area (Å²) in [5.74, 6) is 0.626. The smallest absolute Gasteiger partial charge is 0.258 e. The van der Waals surface area contributed by atoms with Crippen LogP contribution in [0.15, 0.2) is 29.2 Å². The van der Waals surface area contributed by atoms with Gasteiger partial charge in [-0.15, -0.1) is 0 Å². The number of rotatable bonds is 2. The quantitative estimate of drug-likeness (QED) is 0.842. The minimum atomic E-state index is -0.139. The van der Waals surface area contributed by atoms with Crippen LogP contribution in [0.3, 0.4) is 0 Å². The van der Waals surface area contributed by atoms with E-state index in [9.17, 15) is 9.90 Å². The number of aromatic nitrogens is 2. The Labute approximate surface area is 110 Å². The van der Waals surface area contributed by atoms with Gasteiger partial charge in [0.05, 0.1) is 6.20 Å². The van der Waals surface area contributed by atoms with Gasteiger partial charge in [-0.2, -0.15) is 0 Å². The molecule has 1 unspecified atom stereocenters. The fourth-order valence-electron chi connectivity index (χ4n) is 2.64. The van der Waals surface area contributed by atoms with E-state index in [0.717, 1.165) is 25.2 Å². The highest BCUT2D eigenvalue weighted by atomic mass is 16.3. The molecular weight excluding hydrogens is 242 g/mol. The molecule has 0 aliphatic carbocycles. The van der Waals surface area contributed by atoms with Crippen LogP contribution in [0.1, 0.15) is 18.5 Å². The van der Waals surface area contributed by atoms with E-state index in [0.29, 0.717) is 11.6 Å². The molecule has 5 nitrogen and oxygen atoms in total. The van der Waals surface area contributed by atoms with Crippen LogP contribution in [0.5, 0.6) is 5.75 Å². The number of hydrogen-bond acceptors (Lipinski definition) is 4. The molecule has 100 valence electrons. The Morgan fingerprint density at radius 3 is 3.16 bits per heavy atom. The number of hydrogen-bond donors (Lipinski definition) is 2. The summed E-state index contributed by atoms with van der Waals surface area (Å²) in [7, 11) is 0. The third-order valence-corrected chi connectivity index (χ3v) is 3.59. The first-order valence-electron chi connectivity index (χ1n) is 6.64. The highest BCUT2D eigenvalue weighted by Crippen LogP contribution is 2.15. The van der Waals surface area contributed by atoms with Gasteiger partial charge in [0.15, 0.2) is 0 Å². The van der Waals surface area contributed by atoms with E-state index in [1.54, 1.807) is 18.2 Å². The maximum atomic E-state index is 12.0. The van der Waals surface area contributed by atoms with E-state index < -0.39 is 0 Å². The molecule has 19 heavy (non-hydrogen) atoms. The summed E-state index contributed by atoms with van der Waals surface area (Å²) in [5.41, 5.74) is 1.29. The Morgan fingerprint density at radius 2 is 2.37 bits per heavy atom. The van der Waals surface area contributed by atoms with E-state index >= 15 is 0 Å². The average molecular weight is 259 g/mol. The molecule has 2 aromatic heterocycles. The van der Waals surface area contributed by atoms with E-state index in [4.69, 9.17) is 0 Å². The van der Waals surface area contributed by atoms with Gasteiger partial charge in [-0.3, -0.25) is 9.20 Å². The molecule has 5 heteroatoms. The standard InChI is InChI=1S/C14H17N3O2/c18-12-3-4-13-16-11(7-14(19)17(13)9-12)6-10-2-1-5-15-8-10/h3-4,7,9-10,15,18H,1-2,5-6,8H2. The fourth-order valence-corrected chi connectivity index (χ4v) is 2.64. The molecule has 0 saturated carbocycles. The van der Waals surface area contributed by atoms with Crippen LogP contribution in [0.4, 0.5) is 0 Å². The second kappa shape index (κ2) is 5.01. The highest BCUT2D eigenvalue weighted by Gasteiger charge is 2.15. The summed E-state index contributed by atoms with van der Waals surface area (Å²) >= 11 is 0. The van der Waals surface area contributed by atoms with Crippen molar-refractivity contribution in [3.05, 3.63) is 40.4 Å². The van der Waals surface area contributed by atoms with Gasteiger partial charge in [-0.05, 0) is 50.4 Å². The predicted molar refractivity (Wildman–Crippen MR) is 72.4 cm³/mol. The molecule has 2 N–H and O–H groups in total. The molecule has 0 bridgehead atoms. The van der Waals surface area contributed by atoms with E-state index in [-0.39, 0.29) is 11.3 Å². The van der Waals surface area contributed by atoms with Crippen molar-refractivity contribution in [2.75, 3.05) is 13.1 Å². The summed E-state index contributed by atoms with van der Waals surface area (Å²) in [6.07, 6.45) is 4.60. The van der Waals surface area contributed by atoms with Crippen LogP contribution in [-0.4, -0.2) is 27.6 Å². The molecule has 1 fully saturated rings. The second-order valence-electron chi connectivity index (χ2n) is 5.12. The van der Waals surface area contributed by atoms with E-state index in [1.807, 2.05) is 0 Å². The number of aromatic hydroxyl groups is 1. The number of nitrogens with one attached hydrogen (secondary N) is 1. The van der Waals surface area contributed by atoms with Crippen molar-refractivity contribution in [2.45, 2.75) is 19.3 Å². The van der Waals surface area contributed by atoms with Crippen molar-refractivity contribution in [3.8, 4) is 5.75 Å². The van der Waals surface area contributed by atoms with Crippen LogP contribution in [0, 0.1) is 5.92 Å². The minimum Gasteiger partial charge on any atom is -0.506 e. The normalized spacial score (nSPS) is 19.7. The van der Waals surface area contributed by atoms with Gasteiger partial charge in [0.25, 0.3) is 5.56 Å². The molecular formula is C14H17N3O2. The first-order chi connectivity index (χ1) is 9.22. The van der Waals surface area contributed by atoms with Crippen molar-refractivity contribution in [1.82, 2.24) is 14.7 Å². The molecule has 0 spiro atoms. The van der Waals surface area contributed by atoms with E-state index in [1.165, 1.54) is 23.4 Å². The monoisotopic (exact) mass is 259 g/mol. The zero-order chi connectivity index (χ0) is 13.2. The van der Waals surface area contributed by atoms with Crippen LogP contribution < -0.4 is 10.9 Å². The number of pyridine rings is 1. The van der Waals surface area contributed by atoms with Gasteiger partial charge < -0.3 is 10.4 Å². The third-order valence-electron chi connectivity index (χ3n) is 3.59. The van der Waals surface area contributed by atoms with Crippen LogP contribution in [0.25, 0.3) is 5.65 Å². The molecule has 3 rings (SSSR count). The third kappa shape index (κ3) is 2.61. The Kier molecular flexibility index (Phi) is 3.21. The molecule has 0 aromatic carbocycles. The zero-order valence-electron chi connectivity index (χ0n) is 10.7. The lowest BCUT2D eigenvalue weighted by Crippen LogP contribution is -2.31. The summed E-state index contributed by atoms with van der Waals surface area (Å²) in [6.45, 7) is 2.08. The number of piperidine rings is 1. The molecule has 2 aromatic rings. The SMILES string of the molecule is O=c1cc(CC2CCCNC2)nc2ccc(O)cn12. The van der Waals surface area contributed by atoms with Crippen LogP contribution >= 0.6 is 0 Å². The molecule has 1 aliphatic rings. The van der Waals surface area contributed by atoms with Gasteiger partial charge in [0.2, 0.25) is 0 Å². The fraction of sp³-hybridized carbons (Fsp3) is 0.429. The number of nitrogens with zero attached hydrogens (tertiary/aromatic N) is 2. The Morgan fingerprint density at radius 1 is 1.47 bits per heavy atom. The second-order valence-corrected chi connectivity index (χ2v) is 5.12.